The minimum Gasteiger partial charge on any atom is -0.456 e. The molecule has 0 N–H and O–H groups in total. The van der Waals surface area contributed by atoms with Crippen LogP contribution in [-0.4, -0.2) is 37.3 Å². The Morgan fingerprint density at radius 3 is 2.78 bits per heavy atom. The summed E-state index contributed by atoms with van der Waals surface area (Å²) < 4.78 is 11.6. The van der Waals surface area contributed by atoms with Gasteiger partial charge in [0, 0.05) is 9.49 Å². The van der Waals surface area contributed by atoms with Gasteiger partial charge in [-0.05, 0) is 46.7 Å². The van der Waals surface area contributed by atoms with Crippen LogP contribution in [0.5, 0.6) is 0 Å². The van der Waals surface area contributed by atoms with Crippen LogP contribution in [0.25, 0.3) is 0 Å². The molecule has 6 heteroatoms. The van der Waals surface area contributed by atoms with E-state index in [0.717, 1.165) is 9.13 Å². The fourth-order valence-electron chi connectivity index (χ4n) is 3.41. The van der Waals surface area contributed by atoms with Gasteiger partial charge in [0.25, 0.3) is 0 Å². The molecule has 0 radical (unpaired) electrons. The number of fused-ring (bicyclic) bond motifs is 1. The van der Waals surface area contributed by atoms with Crippen LogP contribution in [0.2, 0.25) is 0 Å². The smallest absolute Gasteiger partial charge is 0.337 e. The van der Waals surface area contributed by atoms with Crippen LogP contribution in [0.1, 0.15) is 17.0 Å². The van der Waals surface area contributed by atoms with E-state index in [1.54, 1.807) is 0 Å². The molecule has 2 atom stereocenters. The number of carbonyl (C=O) groups excluding carboxylic acids is 2. The molecule has 3 aliphatic heterocycles. The molecule has 0 spiro atoms. The lowest BCUT2D eigenvalue weighted by molar-refractivity contribution is -0.136. The van der Waals surface area contributed by atoms with E-state index in [9.17, 15) is 9.59 Å². The third-order valence-electron chi connectivity index (χ3n) is 4.55. The summed E-state index contributed by atoms with van der Waals surface area (Å²) in [5.74, 6) is -1.13. The first-order valence-electron chi connectivity index (χ1n) is 7.40. The number of ether oxygens (including phenoxy) is 2. The van der Waals surface area contributed by atoms with E-state index in [0.29, 0.717) is 23.6 Å². The van der Waals surface area contributed by atoms with E-state index in [2.05, 4.69) is 27.6 Å². The van der Waals surface area contributed by atoms with E-state index in [1.165, 1.54) is 5.56 Å². The zero-order valence-corrected chi connectivity index (χ0v) is 14.6. The zero-order valence-electron chi connectivity index (χ0n) is 12.5. The Balaban J connectivity index is 1.89. The third kappa shape index (κ3) is 2.35. The number of nitrogens with zero attached hydrogens (tertiary/aromatic N) is 1. The van der Waals surface area contributed by atoms with Gasteiger partial charge in [0.2, 0.25) is 0 Å². The molecule has 0 bridgehead atoms. The lowest BCUT2D eigenvalue weighted by Crippen LogP contribution is -2.43. The van der Waals surface area contributed by atoms with Gasteiger partial charge >= 0.3 is 5.97 Å². The molecule has 1 aromatic carbocycles. The molecule has 3 heterocycles. The number of rotatable bonds is 1. The van der Waals surface area contributed by atoms with Crippen LogP contribution in [0.15, 0.2) is 34.5 Å². The molecule has 0 aromatic heterocycles. The maximum Gasteiger partial charge on any atom is 0.337 e. The lowest BCUT2D eigenvalue weighted by atomic mass is 9.73. The van der Waals surface area contributed by atoms with Crippen LogP contribution in [0.4, 0.5) is 0 Å². The number of hydrogen-bond donors (Lipinski definition) is 0. The van der Waals surface area contributed by atoms with Gasteiger partial charge in [-0.25, -0.2) is 4.79 Å². The van der Waals surface area contributed by atoms with Crippen molar-refractivity contribution in [1.82, 2.24) is 0 Å². The van der Waals surface area contributed by atoms with Crippen molar-refractivity contribution in [2.24, 2.45) is 10.9 Å². The fourth-order valence-corrected chi connectivity index (χ4v) is 3.95. The predicted octanol–water partition coefficient (Wildman–Crippen LogP) is 2.16. The van der Waals surface area contributed by atoms with E-state index in [-0.39, 0.29) is 30.9 Å². The molecule has 0 aliphatic carbocycles. The lowest BCUT2D eigenvalue weighted by Gasteiger charge is -2.33. The molecule has 4 rings (SSSR count). The second-order valence-corrected chi connectivity index (χ2v) is 7.12. The predicted molar refractivity (Wildman–Crippen MR) is 91.4 cm³/mol. The number of benzene rings is 1. The van der Waals surface area contributed by atoms with Crippen LogP contribution in [0.3, 0.4) is 0 Å². The van der Waals surface area contributed by atoms with Crippen molar-refractivity contribution in [3.8, 4) is 0 Å². The van der Waals surface area contributed by atoms with Gasteiger partial charge < -0.3 is 9.47 Å². The number of aryl methyl sites for hydroxylation is 1. The Morgan fingerprint density at radius 2 is 2.00 bits per heavy atom. The van der Waals surface area contributed by atoms with E-state index in [1.807, 2.05) is 25.1 Å². The number of esters is 1. The van der Waals surface area contributed by atoms with Crippen molar-refractivity contribution in [1.29, 1.82) is 0 Å². The summed E-state index contributed by atoms with van der Waals surface area (Å²) in [4.78, 5) is 29.2. The van der Waals surface area contributed by atoms with Crippen molar-refractivity contribution < 1.29 is 19.1 Å². The molecule has 1 fully saturated rings. The average Bonchev–Trinajstić information content (AvgIpc) is 2.90. The van der Waals surface area contributed by atoms with Crippen molar-refractivity contribution in [2.75, 3.05) is 19.8 Å². The molecule has 0 amide bonds. The van der Waals surface area contributed by atoms with E-state index in [4.69, 9.17) is 9.47 Å². The van der Waals surface area contributed by atoms with Gasteiger partial charge in [-0.2, -0.15) is 0 Å². The monoisotopic (exact) mass is 423 g/mol. The quantitative estimate of drug-likeness (QED) is 0.513. The number of cyclic esters (lactones) is 1. The van der Waals surface area contributed by atoms with Gasteiger partial charge in [0.05, 0.1) is 29.5 Å². The molecule has 1 aromatic rings. The number of halogens is 1. The van der Waals surface area contributed by atoms with Crippen LogP contribution in [-0.2, 0) is 19.1 Å². The highest BCUT2D eigenvalue weighted by atomic mass is 127. The highest BCUT2D eigenvalue weighted by molar-refractivity contribution is 14.1. The van der Waals surface area contributed by atoms with Crippen molar-refractivity contribution in [3.63, 3.8) is 0 Å². The minimum absolute atomic E-state index is 0.0261. The molecule has 1 saturated heterocycles. The molecular formula is C17H14INO4. The third-order valence-corrected chi connectivity index (χ3v) is 5.71. The Labute approximate surface area is 146 Å². The summed E-state index contributed by atoms with van der Waals surface area (Å²) in [6, 6.07) is 6.05. The first-order valence-corrected chi connectivity index (χ1v) is 8.48. The number of hydrogen-bond acceptors (Lipinski definition) is 5. The molecule has 0 saturated carbocycles. The van der Waals surface area contributed by atoms with Crippen molar-refractivity contribution in [2.45, 2.75) is 12.8 Å². The Bertz CT molecular complexity index is 796. The Hall–Kier alpha value is -1.54. The molecule has 5 nitrogen and oxygen atoms in total. The maximum absolute atomic E-state index is 12.5. The second-order valence-electron chi connectivity index (χ2n) is 5.96. The molecule has 118 valence electrons. The number of Topliss-reactive ketones (excluding diaryl/α,β-unsaturated/α-hetero) is 1. The number of aliphatic imine (C=N–C) groups is 1. The summed E-state index contributed by atoms with van der Waals surface area (Å²) in [6.45, 7) is 2.62. The van der Waals surface area contributed by atoms with E-state index >= 15 is 0 Å². The summed E-state index contributed by atoms with van der Waals surface area (Å²) in [6.07, 6.45) is 0. The van der Waals surface area contributed by atoms with Gasteiger partial charge in [-0.1, -0.05) is 12.1 Å². The molecule has 2 unspecified atom stereocenters. The highest BCUT2D eigenvalue weighted by Crippen LogP contribution is 2.43. The first kappa shape index (κ1) is 15.0. The highest BCUT2D eigenvalue weighted by Gasteiger charge is 2.47. The van der Waals surface area contributed by atoms with Gasteiger partial charge in [0.1, 0.15) is 13.2 Å². The van der Waals surface area contributed by atoms with Crippen LogP contribution >= 0.6 is 22.6 Å². The minimum atomic E-state index is -0.424. The van der Waals surface area contributed by atoms with Gasteiger partial charge in [-0.3, -0.25) is 9.79 Å². The standard InChI is InChI=1S/C17H14INO4/c1-8-2-3-9(4-10(8)18)14-15-11(5-22-7-13(15)20)19-12-6-23-17(21)16(12)14/h2-4,14-15H,5-7H2,1H3. The summed E-state index contributed by atoms with van der Waals surface area (Å²) in [5.41, 5.74) is 4.01. The van der Waals surface area contributed by atoms with Gasteiger partial charge in [-0.15, -0.1) is 0 Å². The van der Waals surface area contributed by atoms with Crippen molar-refractivity contribution >= 4 is 40.1 Å². The maximum atomic E-state index is 12.5. The molecular weight excluding hydrogens is 409 g/mol. The van der Waals surface area contributed by atoms with Crippen LogP contribution < -0.4 is 0 Å². The Kier molecular flexibility index (Phi) is 3.60. The summed E-state index contributed by atoms with van der Waals surface area (Å²) in [5, 5.41) is 0. The molecule has 3 aliphatic rings. The summed E-state index contributed by atoms with van der Waals surface area (Å²) in [7, 11) is 0. The molecule has 23 heavy (non-hydrogen) atoms. The van der Waals surface area contributed by atoms with E-state index < -0.39 is 5.92 Å². The Morgan fingerprint density at radius 1 is 1.17 bits per heavy atom. The second kappa shape index (κ2) is 5.52. The SMILES string of the molecule is Cc1ccc(C2C3=C(COC3=O)N=C3COCC(=O)C32)cc1I. The normalized spacial score (nSPS) is 26.6. The van der Waals surface area contributed by atoms with Gasteiger partial charge in [0.15, 0.2) is 5.78 Å². The fraction of sp³-hybridized carbons (Fsp3) is 0.353. The number of carbonyl (C=O) groups is 2. The largest absolute Gasteiger partial charge is 0.456 e. The first-order chi connectivity index (χ1) is 11.1. The topological polar surface area (TPSA) is 65.0 Å². The average molecular weight is 423 g/mol. The summed E-state index contributed by atoms with van der Waals surface area (Å²) >= 11 is 2.27. The number of ketones is 1. The van der Waals surface area contributed by atoms with Crippen molar-refractivity contribution in [3.05, 3.63) is 44.2 Å². The van der Waals surface area contributed by atoms with Crippen LogP contribution in [0, 0.1) is 16.4 Å². The zero-order chi connectivity index (χ0) is 16.1.